The number of hydrogen-bond donors (Lipinski definition) is 6. The van der Waals surface area contributed by atoms with Crippen molar-refractivity contribution >= 4 is 35.8 Å². The van der Waals surface area contributed by atoms with Crippen molar-refractivity contribution in [3.63, 3.8) is 0 Å². The molecule has 3 atom stereocenters. The molecule has 0 fully saturated rings. The van der Waals surface area contributed by atoms with Crippen LogP contribution in [0.15, 0.2) is 0 Å². The Hall–Kier alpha value is -3.26. The molecule has 0 aromatic carbocycles. The van der Waals surface area contributed by atoms with E-state index in [-0.39, 0.29) is 6.42 Å². The van der Waals surface area contributed by atoms with Crippen molar-refractivity contribution in [1.82, 2.24) is 0 Å². The SMILES string of the molecule is CCCCC(COC(=O)CC(O)(CC(=O)O)C(=O)O)OC(=O)CC(O)(CC(=O)O)C(=O)O. The second-order valence-electron chi connectivity index (χ2n) is 7.11. The smallest absolute Gasteiger partial charge is 0.336 e. The Morgan fingerprint density at radius 3 is 1.56 bits per heavy atom. The number of ether oxygens (including phenoxy) is 2. The second kappa shape index (κ2) is 12.6. The summed E-state index contributed by atoms with van der Waals surface area (Å²) in [6.45, 7) is 1.14. The van der Waals surface area contributed by atoms with Crippen LogP contribution in [-0.4, -0.2) is 90.4 Å². The minimum atomic E-state index is -2.93. The van der Waals surface area contributed by atoms with Crippen molar-refractivity contribution in [2.45, 2.75) is 69.2 Å². The highest BCUT2D eigenvalue weighted by Gasteiger charge is 2.43. The number of carbonyl (C=O) groups excluding carboxylic acids is 2. The lowest BCUT2D eigenvalue weighted by Crippen LogP contribution is -2.44. The molecule has 3 unspecified atom stereocenters. The van der Waals surface area contributed by atoms with Gasteiger partial charge in [0.15, 0.2) is 11.2 Å². The molecule has 0 aromatic heterocycles. The molecular formula is C18H26O14. The zero-order valence-corrected chi connectivity index (χ0v) is 17.2. The van der Waals surface area contributed by atoms with Crippen LogP contribution in [-0.2, 0) is 38.2 Å². The van der Waals surface area contributed by atoms with E-state index in [1.54, 1.807) is 6.92 Å². The van der Waals surface area contributed by atoms with E-state index >= 15 is 0 Å². The Kier molecular flexibility index (Phi) is 11.3. The molecule has 0 aliphatic carbocycles. The van der Waals surface area contributed by atoms with Gasteiger partial charge in [-0.05, 0) is 12.8 Å². The number of unbranched alkanes of at least 4 members (excludes halogenated alkanes) is 1. The van der Waals surface area contributed by atoms with Gasteiger partial charge in [-0.1, -0.05) is 13.3 Å². The number of aliphatic hydroxyl groups is 2. The first kappa shape index (κ1) is 28.7. The molecule has 0 bridgehead atoms. The van der Waals surface area contributed by atoms with Crippen molar-refractivity contribution in [3.05, 3.63) is 0 Å². The van der Waals surface area contributed by atoms with Crippen LogP contribution in [0.25, 0.3) is 0 Å². The van der Waals surface area contributed by atoms with E-state index in [9.17, 15) is 39.0 Å². The average molecular weight is 466 g/mol. The largest absolute Gasteiger partial charge is 0.481 e. The number of rotatable bonds is 16. The molecule has 14 heteroatoms. The number of carboxylic acid groups (broad SMARTS) is 4. The number of aliphatic carboxylic acids is 4. The summed E-state index contributed by atoms with van der Waals surface area (Å²) in [7, 11) is 0. The molecule has 14 nitrogen and oxygen atoms in total. The van der Waals surface area contributed by atoms with E-state index in [0.29, 0.717) is 12.8 Å². The van der Waals surface area contributed by atoms with E-state index in [4.69, 9.17) is 29.9 Å². The first-order chi connectivity index (χ1) is 14.6. The summed E-state index contributed by atoms with van der Waals surface area (Å²) in [5, 5.41) is 55.1. The van der Waals surface area contributed by atoms with E-state index in [0.717, 1.165) is 0 Å². The third-order valence-corrected chi connectivity index (χ3v) is 4.17. The summed E-state index contributed by atoms with van der Waals surface area (Å²) < 4.78 is 9.73. The van der Waals surface area contributed by atoms with Gasteiger partial charge in [0.25, 0.3) is 0 Å². The molecule has 182 valence electrons. The Morgan fingerprint density at radius 1 is 0.750 bits per heavy atom. The fraction of sp³-hybridized carbons (Fsp3) is 0.667. The molecular weight excluding hydrogens is 440 g/mol. The van der Waals surface area contributed by atoms with E-state index in [2.05, 4.69) is 0 Å². The van der Waals surface area contributed by atoms with Gasteiger partial charge in [0.2, 0.25) is 0 Å². The molecule has 0 amide bonds. The fourth-order valence-electron chi connectivity index (χ4n) is 2.48. The summed E-state index contributed by atoms with van der Waals surface area (Å²) in [5.41, 5.74) is -5.85. The number of carboxylic acids is 4. The fourth-order valence-corrected chi connectivity index (χ4v) is 2.48. The van der Waals surface area contributed by atoms with Gasteiger partial charge in [-0.25, -0.2) is 9.59 Å². The Bertz CT molecular complexity index is 731. The molecule has 0 aromatic rings. The molecule has 0 aliphatic heterocycles. The van der Waals surface area contributed by atoms with E-state index < -0.39 is 85.4 Å². The first-order valence-corrected chi connectivity index (χ1v) is 9.35. The molecule has 0 saturated carbocycles. The maximum atomic E-state index is 12.0. The molecule has 0 heterocycles. The topological polar surface area (TPSA) is 242 Å². The van der Waals surface area contributed by atoms with Gasteiger partial charge in [0.1, 0.15) is 12.7 Å². The highest BCUT2D eigenvalue weighted by atomic mass is 16.6. The summed E-state index contributed by atoms with van der Waals surface area (Å²) in [4.78, 5) is 67.6. The molecule has 0 saturated heterocycles. The van der Waals surface area contributed by atoms with Gasteiger partial charge in [-0.2, -0.15) is 0 Å². The molecule has 0 radical (unpaired) electrons. The number of hydrogen-bond acceptors (Lipinski definition) is 10. The Morgan fingerprint density at radius 2 is 1.19 bits per heavy atom. The second-order valence-corrected chi connectivity index (χ2v) is 7.11. The zero-order valence-electron chi connectivity index (χ0n) is 17.2. The van der Waals surface area contributed by atoms with Gasteiger partial charge < -0.3 is 40.1 Å². The van der Waals surface area contributed by atoms with Crippen molar-refractivity contribution in [2.24, 2.45) is 0 Å². The maximum Gasteiger partial charge on any atom is 0.336 e. The lowest BCUT2D eigenvalue weighted by Gasteiger charge is -2.24. The monoisotopic (exact) mass is 466 g/mol. The molecule has 0 rings (SSSR count). The van der Waals surface area contributed by atoms with E-state index in [1.165, 1.54) is 0 Å². The first-order valence-electron chi connectivity index (χ1n) is 9.35. The van der Waals surface area contributed by atoms with Crippen LogP contribution in [0.1, 0.15) is 51.9 Å². The lowest BCUT2D eigenvalue weighted by molar-refractivity contribution is -0.177. The minimum Gasteiger partial charge on any atom is -0.481 e. The standard InChI is InChI=1S/C18H26O14/c1-2-3-4-10(32-14(24)8-18(30,16(27)28)6-12(21)22)9-31-13(23)7-17(29,15(25)26)5-11(19)20/h10,29-30H,2-9H2,1H3,(H,19,20)(H,21,22)(H,25,26)(H,27,28). The summed E-state index contributed by atoms with van der Waals surface area (Å²) in [6, 6.07) is 0. The lowest BCUT2D eigenvalue weighted by atomic mass is 9.96. The third-order valence-electron chi connectivity index (χ3n) is 4.17. The van der Waals surface area contributed by atoms with Crippen LogP contribution in [0, 0.1) is 0 Å². The van der Waals surface area contributed by atoms with Crippen LogP contribution >= 0.6 is 0 Å². The van der Waals surface area contributed by atoms with Gasteiger partial charge in [-0.15, -0.1) is 0 Å². The van der Waals surface area contributed by atoms with E-state index in [1.807, 2.05) is 0 Å². The van der Waals surface area contributed by atoms with Crippen molar-refractivity contribution < 1.29 is 68.9 Å². The minimum absolute atomic E-state index is 0.109. The van der Waals surface area contributed by atoms with Gasteiger partial charge in [-0.3, -0.25) is 19.2 Å². The molecule has 0 aliphatic rings. The summed E-state index contributed by atoms with van der Waals surface area (Å²) in [5.74, 6) is -9.86. The van der Waals surface area contributed by atoms with Crippen LogP contribution in [0.4, 0.5) is 0 Å². The highest BCUT2D eigenvalue weighted by Crippen LogP contribution is 2.20. The third kappa shape index (κ3) is 10.2. The van der Waals surface area contributed by atoms with Gasteiger partial charge in [0, 0.05) is 0 Å². The Labute approximate surface area is 181 Å². The number of esters is 2. The molecule has 6 N–H and O–H groups in total. The van der Waals surface area contributed by atoms with Crippen molar-refractivity contribution in [3.8, 4) is 0 Å². The van der Waals surface area contributed by atoms with Crippen molar-refractivity contribution in [2.75, 3.05) is 6.61 Å². The molecule has 32 heavy (non-hydrogen) atoms. The van der Waals surface area contributed by atoms with Crippen LogP contribution in [0.3, 0.4) is 0 Å². The van der Waals surface area contributed by atoms with Gasteiger partial charge >= 0.3 is 35.8 Å². The van der Waals surface area contributed by atoms with Crippen molar-refractivity contribution in [1.29, 1.82) is 0 Å². The summed E-state index contributed by atoms with van der Waals surface area (Å²) in [6.07, 6.45) is -4.96. The maximum absolute atomic E-state index is 12.0. The predicted octanol–water partition coefficient (Wildman–Crippen LogP) is -1.01. The quantitative estimate of drug-likeness (QED) is 0.149. The average Bonchev–Trinajstić information content (AvgIpc) is 2.62. The highest BCUT2D eigenvalue weighted by molar-refractivity contribution is 5.89. The summed E-state index contributed by atoms with van der Waals surface area (Å²) >= 11 is 0. The number of carbonyl (C=O) groups is 6. The predicted molar refractivity (Wildman–Crippen MR) is 99.3 cm³/mol. The van der Waals surface area contributed by atoms with Crippen LogP contribution in [0.2, 0.25) is 0 Å². The zero-order chi connectivity index (χ0) is 25.1. The molecule has 0 spiro atoms. The van der Waals surface area contributed by atoms with Crippen LogP contribution < -0.4 is 0 Å². The Balaban J connectivity index is 5.12. The van der Waals surface area contributed by atoms with Crippen LogP contribution in [0.5, 0.6) is 0 Å². The van der Waals surface area contributed by atoms with Gasteiger partial charge in [0.05, 0.1) is 25.7 Å². The normalized spacial score (nSPS) is 15.5.